The van der Waals surface area contributed by atoms with Crippen molar-refractivity contribution in [3.63, 3.8) is 0 Å². The molecule has 3 rings (SSSR count). The van der Waals surface area contributed by atoms with Gasteiger partial charge < -0.3 is 10.1 Å². The van der Waals surface area contributed by atoms with Gasteiger partial charge in [-0.3, -0.25) is 4.90 Å². The van der Waals surface area contributed by atoms with Gasteiger partial charge in [0.2, 0.25) is 0 Å². The van der Waals surface area contributed by atoms with Crippen molar-refractivity contribution in [1.29, 1.82) is 0 Å². The van der Waals surface area contributed by atoms with Crippen LogP contribution in [0.4, 0.5) is 0 Å². The Kier molecular flexibility index (Phi) is 4.94. The Bertz CT molecular complexity index is 474. The second kappa shape index (κ2) is 6.73. The van der Waals surface area contributed by atoms with E-state index in [2.05, 4.69) is 24.1 Å². The Balaban J connectivity index is 1.75. The zero-order chi connectivity index (χ0) is 14.8. The number of ether oxygens (including phenoxy) is 1. The molecule has 3 heterocycles. The van der Waals surface area contributed by atoms with E-state index in [-0.39, 0.29) is 6.10 Å². The van der Waals surface area contributed by atoms with Gasteiger partial charge in [-0.1, -0.05) is 13.8 Å². The lowest BCUT2D eigenvalue weighted by atomic mass is 10.1. The van der Waals surface area contributed by atoms with Crippen molar-refractivity contribution in [3.05, 3.63) is 15.6 Å². The van der Waals surface area contributed by atoms with Crippen LogP contribution in [0, 0.1) is 5.92 Å². The average Bonchev–Trinajstić information content (AvgIpc) is 3.05. The molecule has 2 unspecified atom stereocenters. The molecule has 0 radical (unpaired) electrons. The molecular formula is C16H27N3OS. The zero-order valence-electron chi connectivity index (χ0n) is 13.4. The SMILES string of the molecule is CNCc1sc(C2CN3CCCC3CO2)nc1CC(C)C. The minimum absolute atomic E-state index is 0.181. The summed E-state index contributed by atoms with van der Waals surface area (Å²) in [5.41, 5.74) is 1.27. The molecule has 0 bridgehead atoms. The number of fused-ring (bicyclic) bond motifs is 1. The highest BCUT2D eigenvalue weighted by Crippen LogP contribution is 2.33. The normalized spacial score (nSPS) is 26.5. The van der Waals surface area contributed by atoms with Crippen LogP contribution < -0.4 is 5.32 Å². The Morgan fingerprint density at radius 2 is 2.33 bits per heavy atom. The van der Waals surface area contributed by atoms with Gasteiger partial charge in [0.1, 0.15) is 11.1 Å². The molecule has 2 aliphatic heterocycles. The third-order valence-corrected chi connectivity index (χ3v) is 5.59. The van der Waals surface area contributed by atoms with E-state index < -0.39 is 0 Å². The van der Waals surface area contributed by atoms with Crippen LogP contribution >= 0.6 is 11.3 Å². The smallest absolute Gasteiger partial charge is 0.123 e. The van der Waals surface area contributed by atoms with Gasteiger partial charge in [-0.15, -0.1) is 11.3 Å². The molecule has 0 aromatic carbocycles. The molecule has 1 aromatic heterocycles. The second-order valence-electron chi connectivity index (χ2n) is 6.66. The van der Waals surface area contributed by atoms with Gasteiger partial charge in [-0.25, -0.2) is 4.98 Å². The van der Waals surface area contributed by atoms with E-state index in [1.807, 2.05) is 18.4 Å². The summed E-state index contributed by atoms with van der Waals surface area (Å²) in [6.45, 7) is 8.57. The minimum atomic E-state index is 0.181. The Morgan fingerprint density at radius 1 is 1.48 bits per heavy atom. The predicted molar refractivity (Wildman–Crippen MR) is 86.7 cm³/mol. The van der Waals surface area contributed by atoms with Crippen LogP contribution in [0.3, 0.4) is 0 Å². The van der Waals surface area contributed by atoms with Crippen molar-refractivity contribution in [2.45, 2.75) is 51.8 Å². The van der Waals surface area contributed by atoms with Crippen molar-refractivity contribution in [3.8, 4) is 0 Å². The third-order valence-electron chi connectivity index (χ3n) is 4.40. The number of rotatable bonds is 5. The van der Waals surface area contributed by atoms with Crippen LogP contribution in [-0.4, -0.2) is 42.7 Å². The van der Waals surface area contributed by atoms with Crippen LogP contribution in [0.5, 0.6) is 0 Å². The Labute approximate surface area is 131 Å². The maximum atomic E-state index is 6.12. The molecule has 2 aliphatic rings. The molecule has 1 N–H and O–H groups in total. The van der Waals surface area contributed by atoms with Crippen molar-refractivity contribution < 1.29 is 4.74 Å². The van der Waals surface area contributed by atoms with E-state index >= 15 is 0 Å². The molecular weight excluding hydrogens is 282 g/mol. The van der Waals surface area contributed by atoms with Crippen molar-refractivity contribution >= 4 is 11.3 Å². The molecule has 2 fully saturated rings. The first-order valence-electron chi connectivity index (χ1n) is 8.16. The first-order valence-corrected chi connectivity index (χ1v) is 8.97. The highest BCUT2D eigenvalue weighted by atomic mass is 32.1. The first kappa shape index (κ1) is 15.4. The van der Waals surface area contributed by atoms with Gasteiger partial charge in [-0.05, 0) is 38.8 Å². The third kappa shape index (κ3) is 3.47. The van der Waals surface area contributed by atoms with E-state index in [1.54, 1.807) is 0 Å². The van der Waals surface area contributed by atoms with Crippen LogP contribution in [-0.2, 0) is 17.7 Å². The maximum Gasteiger partial charge on any atom is 0.123 e. The molecule has 5 heteroatoms. The zero-order valence-corrected chi connectivity index (χ0v) is 14.2. The maximum absolute atomic E-state index is 6.12. The molecule has 0 amide bonds. The van der Waals surface area contributed by atoms with Crippen LogP contribution in [0.15, 0.2) is 0 Å². The van der Waals surface area contributed by atoms with Gasteiger partial charge in [0.25, 0.3) is 0 Å². The molecule has 4 nitrogen and oxygen atoms in total. The lowest BCUT2D eigenvalue weighted by Gasteiger charge is -2.34. The largest absolute Gasteiger partial charge is 0.368 e. The summed E-state index contributed by atoms with van der Waals surface area (Å²) < 4.78 is 6.12. The fraction of sp³-hybridized carbons (Fsp3) is 0.812. The second-order valence-corrected chi connectivity index (χ2v) is 7.78. The van der Waals surface area contributed by atoms with Crippen molar-refractivity contribution in [2.24, 2.45) is 5.92 Å². The Hall–Kier alpha value is -0.490. The van der Waals surface area contributed by atoms with E-state index in [4.69, 9.17) is 9.72 Å². The summed E-state index contributed by atoms with van der Waals surface area (Å²) in [6.07, 6.45) is 3.86. The van der Waals surface area contributed by atoms with Gasteiger partial charge >= 0.3 is 0 Å². The fourth-order valence-electron chi connectivity index (χ4n) is 3.35. The Morgan fingerprint density at radius 3 is 3.10 bits per heavy atom. The molecule has 2 atom stereocenters. The quantitative estimate of drug-likeness (QED) is 0.907. The molecule has 0 aliphatic carbocycles. The van der Waals surface area contributed by atoms with Crippen molar-refractivity contribution in [2.75, 3.05) is 26.7 Å². The van der Waals surface area contributed by atoms with Gasteiger partial charge in [0.05, 0.1) is 12.3 Å². The minimum Gasteiger partial charge on any atom is -0.368 e. The van der Waals surface area contributed by atoms with Gasteiger partial charge in [-0.2, -0.15) is 0 Å². The van der Waals surface area contributed by atoms with Gasteiger partial charge in [0.15, 0.2) is 0 Å². The van der Waals surface area contributed by atoms with Crippen molar-refractivity contribution in [1.82, 2.24) is 15.2 Å². The van der Waals surface area contributed by atoms with E-state index in [9.17, 15) is 0 Å². The molecule has 0 spiro atoms. The lowest BCUT2D eigenvalue weighted by molar-refractivity contribution is -0.0502. The summed E-state index contributed by atoms with van der Waals surface area (Å²) >= 11 is 1.84. The van der Waals surface area contributed by atoms with Crippen LogP contribution in [0.1, 0.15) is 48.4 Å². The number of nitrogens with zero attached hydrogens (tertiary/aromatic N) is 2. The van der Waals surface area contributed by atoms with Crippen LogP contribution in [0.25, 0.3) is 0 Å². The fourth-order valence-corrected chi connectivity index (χ4v) is 4.50. The first-order chi connectivity index (χ1) is 10.2. The predicted octanol–water partition coefficient (Wildman–Crippen LogP) is 2.60. The molecule has 2 saturated heterocycles. The number of aromatic nitrogens is 1. The summed E-state index contributed by atoms with van der Waals surface area (Å²) in [7, 11) is 2.00. The van der Waals surface area contributed by atoms with Gasteiger partial charge in [0, 0.05) is 24.0 Å². The van der Waals surface area contributed by atoms with E-state index in [0.717, 1.165) is 26.1 Å². The standard InChI is InChI=1S/C16H27N3OS/c1-11(2)7-13-15(8-17-3)21-16(18-13)14-9-19-6-4-5-12(19)10-20-14/h11-12,14,17H,4-10H2,1-3H3. The summed E-state index contributed by atoms with van der Waals surface area (Å²) in [4.78, 5) is 8.91. The number of hydrogen-bond acceptors (Lipinski definition) is 5. The monoisotopic (exact) mass is 309 g/mol. The summed E-state index contributed by atoms with van der Waals surface area (Å²) in [6, 6.07) is 0.660. The summed E-state index contributed by atoms with van der Waals surface area (Å²) in [5, 5.41) is 4.45. The molecule has 118 valence electrons. The molecule has 1 aromatic rings. The number of thiazole rings is 1. The lowest BCUT2D eigenvalue weighted by Crippen LogP contribution is -2.42. The van der Waals surface area contributed by atoms with E-state index in [0.29, 0.717) is 12.0 Å². The van der Waals surface area contributed by atoms with E-state index in [1.165, 1.54) is 35.0 Å². The topological polar surface area (TPSA) is 37.4 Å². The molecule has 21 heavy (non-hydrogen) atoms. The summed E-state index contributed by atoms with van der Waals surface area (Å²) in [5.74, 6) is 0.644. The molecule has 0 saturated carbocycles. The number of nitrogens with one attached hydrogen (secondary N) is 1. The highest BCUT2D eigenvalue weighted by molar-refractivity contribution is 7.11. The number of hydrogen-bond donors (Lipinski definition) is 1. The number of morpholine rings is 1. The van der Waals surface area contributed by atoms with Crippen LogP contribution in [0.2, 0.25) is 0 Å². The highest BCUT2D eigenvalue weighted by Gasteiger charge is 2.34. The average molecular weight is 309 g/mol.